The van der Waals surface area contributed by atoms with Crippen LogP contribution in [-0.2, 0) is 0 Å². The molecule has 0 bridgehead atoms. The number of hydrogen-bond acceptors (Lipinski definition) is 3. The summed E-state index contributed by atoms with van der Waals surface area (Å²) in [6, 6.07) is 20.7. The molecule has 0 fully saturated rings. The van der Waals surface area contributed by atoms with E-state index in [1.165, 1.54) is 0 Å². The van der Waals surface area contributed by atoms with Crippen LogP contribution in [0, 0.1) is 13.8 Å². The van der Waals surface area contributed by atoms with Gasteiger partial charge in [0.15, 0.2) is 0 Å². The fraction of sp³-hybridized carbons (Fsp3) is 0.0870. The molecule has 3 N–H and O–H groups in total. The van der Waals surface area contributed by atoms with Gasteiger partial charge in [-0.3, -0.25) is 25.2 Å². The molecule has 6 nitrogen and oxygen atoms in total. The Kier molecular flexibility index (Phi) is 6.04. The summed E-state index contributed by atoms with van der Waals surface area (Å²) >= 11 is 0. The topological polar surface area (TPSA) is 87.3 Å². The number of rotatable bonds is 4. The average molecular weight is 387 g/mol. The first-order chi connectivity index (χ1) is 13.9. The first kappa shape index (κ1) is 19.8. The van der Waals surface area contributed by atoms with E-state index in [0.717, 1.165) is 11.1 Å². The van der Waals surface area contributed by atoms with Gasteiger partial charge in [0.2, 0.25) is 0 Å². The second-order valence-electron chi connectivity index (χ2n) is 6.62. The van der Waals surface area contributed by atoms with E-state index in [-0.39, 0.29) is 11.8 Å². The summed E-state index contributed by atoms with van der Waals surface area (Å²) < 4.78 is 0. The highest BCUT2D eigenvalue weighted by molar-refractivity contribution is 6.04. The van der Waals surface area contributed by atoms with Gasteiger partial charge in [0.25, 0.3) is 17.7 Å². The molecular formula is C23H21N3O3. The zero-order valence-electron chi connectivity index (χ0n) is 16.2. The van der Waals surface area contributed by atoms with Crippen LogP contribution in [0.3, 0.4) is 0 Å². The van der Waals surface area contributed by atoms with Crippen LogP contribution in [0.2, 0.25) is 0 Å². The molecule has 3 aromatic rings. The largest absolute Gasteiger partial charge is 0.322 e. The maximum atomic E-state index is 12.3. The Morgan fingerprint density at radius 2 is 1.28 bits per heavy atom. The highest BCUT2D eigenvalue weighted by Gasteiger charge is 2.12. The summed E-state index contributed by atoms with van der Waals surface area (Å²) in [6.07, 6.45) is 0. The van der Waals surface area contributed by atoms with Crippen LogP contribution in [0.4, 0.5) is 5.69 Å². The van der Waals surface area contributed by atoms with Crippen molar-refractivity contribution in [3.63, 3.8) is 0 Å². The van der Waals surface area contributed by atoms with Crippen molar-refractivity contribution in [1.82, 2.24) is 10.9 Å². The van der Waals surface area contributed by atoms with Crippen LogP contribution in [-0.4, -0.2) is 17.7 Å². The van der Waals surface area contributed by atoms with E-state index in [0.29, 0.717) is 22.4 Å². The monoisotopic (exact) mass is 387 g/mol. The van der Waals surface area contributed by atoms with Gasteiger partial charge in [0, 0.05) is 22.4 Å². The summed E-state index contributed by atoms with van der Waals surface area (Å²) in [7, 11) is 0. The van der Waals surface area contributed by atoms with Gasteiger partial charge in [-0.25, -0.2) is 0 Å². The number of benzene rings is 3. The van der Waals surface area contributed by atoms with Crippen molar-refractivity contribution in [1.29, 1.82) is 0 Å². The maximum absolute atomic E-state index is 12.3. The Morgan fingerprint density at radius 3 is 1.93 bits per heavy atom. The van der Waals surface area contributed by atoms with E-state index in [9.17, 15) is 14.4 Å². The van der Waals surface area contributed by atoms with Crippen molar-refractivity contribution in [3.05, 3.63) is 101 Å². The van der Waals surface area contributed by atoms with Gasteiger partial charge in [0.05, 0.1) is 0 Å². The Hall–Kier alpha value is -3.93. The zero-order valence-corrected chi connectivity index (χ0v) is 16.2. The fourth-order valence-corrected chi connectivity index (χ4v) is 2.82. The Bertz CT molecular complexity index is 1040. The molecule has 0 aliphatic carbocycles. The molecule has 0 aliphatic rings. The molecule has 0 aliphatic heterocycles. The molecule has 29 heavy (non-hydrogen) atoms. The molecule has 146 valence electrons. The normalized spacial score (nSPS) is 10.1. The van der Waals surface area contributed by atoms with Crippen LogP contribution < -0.4 is 16.2 Å². The molecule has 3 aromatic carbocycles. The number of aryl methyl sites for hydroxylation is 2. The van der Waals surface area contributed by atoms with Crippen molar-refractivity contribution < 1.29 is 14.4 Å². The minimum Gasteiger partial charge on any atom is -0.322 e. The third-order valence-electron chi connectivity index (χ3n) is 4.36. The number of nitrogens with one attached hydrogen (secondary N) is 3. The molecule has 0 unspecified atom stereocenters. The van der Waals surface area contributed by atoms with Crippen molar-refractivity contribution in [2.24, 2.45) is 0 Å². The lowest BCUT2D eigenvalue weighted by Crippen LogP contribution is -2.41. The Morgan fingerprint density at radius 1 is 0.655 bits per heavy atom. The molecule has 0 saturated carbocycles. The molecule has 3 rings (SSSR count). The summed E-state index contributed by atoms with van der Waals surface area (Å²) in [6.45, 7) is 3.79. The summed E-state index contributed by atoms with van der Waals surface area (Å²) in [4.78, 5) is 36.7. The quantitative estimate of drug-likeness (QED) is 0.598. The van der Waals surface area contributed by atoms with E-state index < -0.39 is 5.91 Å². The Labute approximate surface area is 168 Å². The molecule has 0 radical (unpaired) electrons. The lowest BCUT2D eigenvalue weighted by molar-refractivity contribution is 0.0846. The highest BCUT2D eigenvalue weighted by Crippen LogP contribution is 2.12. The van der Waals surface area contributed by atoms with Gasteiger partial charge in [-0.05, 0) is 61.9 Å². The predicted molar refractivity (Wildman–Crippen MR) is 112 cm³/mol. The number of carbonyl (C=O) groups is 3. The average Bonchev–Trinajstić information content (AvgIpc) is 2.73. The predicted octanol–water partition coefficient (Wildman–Crippen LogP) is 3.63. The first-order valence-electron chi connectivity index (χ1n) is 9.08. The number of hydrogen-bond donors (Lipinski definition) is 3. The number of hydrazine groups is 1. The molecule has 0 atom stereocenters. The van der Waals surface area contributed by atoms with Crippen LogP contribution in [0.15, 0.2) is 72.8 Å². The van der Waals surface area contributed by atoms with E-state index >= 15 is 0 Å². The minimum absolute atomic E-state index is 0.233. The van der Waals surface area contributed by atoms with Crippen molar-refractivity contribution in [2.45, 2.75) is 13.8 Å². The molecule has 3 amide bonds. The number of amides is 3. The van der Waals surface area contributed by atoms with Crippen LogP contribution in [0.1, 0.15) is 42.2 Å². The first-order valence-corrected chi connectivity index (χ1v) is 9.08. The lowest BCUT2D eigenvalue weighted by atomic mass is 10.1. The van der Waals surface area contributed by atoms with Crippen LogP contribution >= 0.6 is 0 Å². The smallest absolute Gasteiger partial charge is 0.269 e. The van der Waals surface area contributed by atoms with E-state index in [4.69, 9.17) is 0 Å². The standard InChI is InChI=1S/C23H21N3O3/c1-15-8-13-20(16(2)14-15)23(29)26-25-22(28)18-9-11-19(12-10-18)24-21(27)17-6-4-3-5-7-17/h3-14H,1-2H3,(H,24,27)(H,25,28)(H,26,29). The number of anilines is 1. The molecule has 0 heterocycles. The molecular weight excluding hydrogens is 366 g/mol. The summed E-state index contributed by atoms with van der Waals surface area (Å²) in [5.74, 6) is -1.07. The summed E-state index contributed by atoms with van der Waals surface area (Å²) in [5, 5.41) is 2.77. The van der Waals surface area contributed by atoms with E-state index in [1.807, 2.05) is 32.0 Å². The molecule has 6 heteroatoms. The van der Waals surface area contributed by atoms with Crippen molar-refractivity contribution in [3.8, 4) is 0 Å². The van der Waals surface area contributed by atoms with Gasteiger partial charge in [0.1, 0.15) is 0 Å². The van der Waals surface area contributed by atoms with Gasteiger partial charge in [-0.2, -0.15) is 0 Å². The van der Waals surface area contributed by atoms with Gasteiger partial charge >= 0.3 is 0 Å². The Balaban J connectivity index is 1.57. The third kappa shape index (κ3) is 5.07. The van der Waals surface area contributed by atoms with Crippen LogP contribution in [0.25, 0.3) is 0 Å². The van der Waals surface area contributed by atoms with Crippen molar-refractivity contribution in [2.75, 3.05) is 5.32 Å². The number of carbonyl (C=O) groups excluding carboxylic acids is 3. The van der Waals surface area contributed by atoms with Crippen molar-refractivity contribution >= 4 is 23.4 Å². The molecule has 0 spiro atoms. The second-order valence-corrected chi connectivity index (χ2v) is 6.62. The minimum atomic E-state index is -0.455. The van der Waals surface area contributed by atoms with Gasteiger partial charge in [-0.1, -0.05) is 35.9 Å². The SMILES string of the molecule is Cc1ccc(C(=O)NNC(=O)c2ccc(NC(=O)c3ccccc3)cc2)c(C)c1. The zero-order chi connectivity index (χ0) is 20.8. The van der Waals surface area contributed by atoms with Gasteiger partial charge in [-0.15, -0.1) is 0 Å². The molecule has 0 aromatic heterocycles. The second kappa shape index (κ2) is 8.84. The highest BCUT2D eigenvalue weighted by atomic mass is 16.2. The fourth-order valence-electron chi connectivity index (χ4n) is 2.82. The van der Waals surface area contributed by atoms with Crippen LogP contribution in [0.5, 0.6) is 0 Å². The molecule has 0 saturated heterocycles. The van der Waals surface area contributed by atoms with E-state index in [2.05, 4.69) is 16.2 Å². The summed E-state index contributed by atoms with van der Waals surface area (Å²) in [5.41, 5.74) is 8.66. The lowest BCUT2D eigenvalue weighted by Gasteiger charge is -2.10. The van der Waals surface area contributed by atoms with E-state index in [1.54, 1.807) is 54.6 Å². The van der Waals surface area contributed by atoms with Gasteiger partial charge < -0.3 is 5.32 Å². The third-order valence-corrected chi connectivity index (χ3v) is 4.36. The maximum Gasteiger partial charge on any atom is 0.269 e.